The molecule has 0 radical (unpaired) electrons. The van der Waals surface area contributed by atoms with Crippen molar-refractivity contribution in [3.05, 3.63) is 30.1 Å². The van der Waals surface area contributed by atoms with E-state index in [1.54, 1.807) is 6.20 Å². The van der Waals surface area contributed by atoms with Crippen LogP contribution in [0.4, 0.5) is 0 Å². The molecule has 2 aromatic heterocycles. The van der Waals surface area contributed by atoms with Crippen molar-refractivity contribution >= 4 is 11.0 Å². The van der Waals surface area contributed by atoms with Crippen LogP contribution in [0.25, 0.3) is 11.0 Å². The molecule has 2 aromatic rings. The predicted molar refractivity (Wildman–Crippen MR) is 57.2 cm³/mol. The number of nitrogens with zero attached hydrogens (tertiary/aromatic N) is 2. The van der Waals surface area contributed by atoms with Crippen molar-refractivity contribution in [1.82, 2.24) is 9.97 Å². The van der Waals surface area contributed by atoms with Gasteiger partial charge in [-0.3, -0.25) is 0 Å². The number of nitriles is 1. The number of hydrogen-bond acceptors (Lipinski definition) is 2. The molecule has 3 rings (SSSR count). The van der Waals surface area contributed by atoms with Gasteiger partial charge in [0.2, 0.25) is 0 Å². The van der Waals surface area contributed by atoms with E-state index in [1.165, 1.54) is 0 Å². The minimum Gasteiger partial charge on any atom is -0.346 e. The lowest BCUT2D eigenvalue weighted by Crippen LogP contribution is -2.31. The summed E-state index contributed by atoms with van der Waals surface area (Å²) in [7, 11) is 0. The monoisotopic (exact) mass is 197 g/mol. The quantitative estimate of drug-likeness (QED) is 0.763. The van der Waals surface area contributed by atoms with Crippen molar-refractivity contribution in [3.8, 4) is 6.07 Å². The van der Waals surface area contributed by atoms with E-state index >= 15 is 0 Å². The number of H-pyrrole nitrogens is 1. The van der Waals surface area contributed by atoms with Gasteiger partial charge in [0.15, 0.2) is 0 Å². The van der Waals surface area contributed by atoms with Crippen LogP contribution in [0.3, 0.4) is 0 Å². The molecule has 0 aromatic carbocycles. The molecule has 0 amide bonds. The van der Waals surface area contributed by atoms with Gasteiger partial charge in [-0.25, -0.2) is 4.98 Å². The van der Waals surface area contributed by atoms with Gasteiger partial charge in [-0.1, -0.05) is 0 Å². The van der Waals surface area contributed by atoms with Crippen LogP contribution in [0.5, 0.6) is 0 Å². The molecular formula is C12H11N3. The summed E-state index contributed by atoms with van der Waals surface area (Å²) in [6.07, 6.45) is 6.82. The molecular weight excluding hydrogens is 186 g/mol. The first-order valence-corrected chi connectivity index (χ1v) is 5.20. The van der Waals surface area contributed by atoms with Gasteiger partial charge in [0.25, 0.3) is 0 Å². The maximum Gasteiger partial charge on any atom is 0.137 e. The van der Waals surface area contributed by atoms with Gasteiger partial charge in [0, 0.05) is 17.8 Å². The van der Waals surface area contributed by atoms with Gasteiger partial charge in [0.1, 0.15) is 5.65 Å². The average molecular weight is 197 g/mol. The fraction of sp³-hybridized carbons (Fsp3) is 0.333. The zero-order chi connectivity index (χ0) is 10.3. The molecule has 0 spiro atoms. The molecule has 1 aliphatic rings. The number of pyridine rings is 1. The minimum atomic E-state index is -0.249. The van der Waals surface area contributed by atoms with Crippen LogP contribution in [0.15, 0.2) is 24.5 Å². The summed E-state index contributed by atoms with van der Waals surface area (Å²) in [6, 6.07) is 6.42. The Morgan fingerprint density at radius 2 is 2.33 bits per heavy atom. The highest BCUT2D eigenvalue weighted by molar-refractivity contribution is 5.81. The number of hydrogen-bond donors (Lipinski definition) is 1. The van der Waals surface area contributed by atoms with E-state index in [0.717, 1.165) is 35.9 Å². The third-order valence-electron chi connectivity index (χ3n) is 3.39. The fourth-order valence-corrected chi connectivity index (χ4v) is 2.32. The molecule has 1 aliphatic carbocycles. The summed E-state index contributed by atoms with van der Waals surface area (Å²) in [4.78, 5) is 7.38. The Labute approximate surface area is 87.8 Å². The van der Waals surface area contributed by atoms with Gasteiger partial charge in [-0.15, -0.1) is 0 Å². The Morgan fingerprint density at radius 3 is 3.00 bits per heavy atom. The van der Waals surface area contributed by atoms with E-state index in [2.05, 4.69) is 16.0 Å². The fourth-order valence-electron chi connectivity index (χ4n) is 2.32. The van der Waals surface area contributed by atoms with E-state index in [-0.39, 0.29) is 5.41 Å². The number of rotatable bonds is 1. The standard InChI is InChI=1S/C12H11N3/c13-8-12(4-2-5-12)10-7-15-11-9(10)3-1-6-14-11/h1,3,6-7H,2,4-5H2,(H,14,15). The summed E-state index contributed by atoms with van der Waals surface area (Å²) in [5.74, 6) is 0. The predicted octanol–water partition coefficient (Wildman–Crippen LogP) is 2.51. The molecule has 2 heterocycles. The lowest BCUT2D eigenvalue weighted by molar-refractivity contribution is 0.326. The van der Waals surface area contributed by atoms with E-state index in [4.69, 9.17) is 0 Å². The lowest BCUT2D eigenvalue weighted by atomic mass is 9.65. The Hall–Kier alpha value is -1.82. The normalized spacial score (nSPS) is 18.3. The third kappa shape index (κ3) is 1.02. The van der Waals surface area contributed by atoms with Crippen molar-refractivity contribution in [2.75, 3.05) is 0 Å². The minimum absolute atomic E-state index is 0.249. The highest BCUT2D eigenvalue weighted by Gasteiger charge is 2.40. The Morgan fingerprint density at radius 1 is 1.47 bits per heavy atom. The number of fused-ring (bicyclic) bond motifs is 1. The van der Waals surface area contributed by atoms with Crippen molar-refractivity contribution in [2.24, 2.45) is 0 Å². The van der Waals surface area contributed by atoms with E-state index < -0.39 is 0 Å². The molecule has 0 unspecified atom stereocenters. The van der Waals surface area contributed by atoms with Gasteiger partial charge in [0.05, 0.1) is 11.5 Å². The van der Waals surface area contributed by atoms with Crippen LogP contribution in [-0.2, 0) is 5.41 Å². The van der Waals surface area contributed by atoms with Crippen LogP contribution in [-0.4, -0.2) is 9.97 Å². The lowest BCUT2D eigenvalue weighted by Gasteiger charge is -2.34. The highest BCUT2D eigenvalue weighted by atomic mass is 14.8. The molecule has 0 bridgehead atoms. The molecule has 15 heavy (non-hydrogen) atoms. The third-order valence-corrected chi connectivity index (χ3v) is 3.39. The topological polar surface area (TPSA) is 52.5 Å². The summed E-state index contributed by atoms with van der Waals surface area (Å²) in [6.45, 7) is 0. The molecule has 0 atom stereocenters. The van der Waals surface area contributed by atoms with E-state index in [9.17, 15) is 5.26 Å². The average Bonchev–Trinajstić information content (AvgIpc) is 2.62. The van der Waals surface area contributed by atoms with Gasteiger partial charge < -0.3 is 4.98 Å². The van der Waals surface area contributed by atoms with Crippen LogP contribution in [0.1, 0.15) is 24.8 Å². The molecule has 3 nitrogen and oxygen atoms in total. The zero-order valence-corrected chi connectivity index (χ0v) is 8.33. The van der Waals surface area contributed by atoms with E-state index in [1.807, 2.05) is 18.3 Å². The summed E-state index contributed by atoms with van der Waals surface area (Å²) >= 11 is 0. The maximum atomic E-state index is 9.28. The Bertz CT molecular complexity index is 543. The van der Waals surface area contributed by atoms with Crippen LogP contribution in [0, 0.1) is 11.3 Å². The molecule has 74 valence electrons. The molecule has 1 N–H and O–H groups in total. The second-order valence-corrected chi connectivity index (χ2v) is 4.15. The SMILES string of the molecule is N#CC1(c2c[nH]c3ncccc23)CCC1. The number of nitrogens with one attached hydrogen (secondary N) is 1. The van der Waals surface area contributed by atoms with Crippen LogP contribution >= 0.6 is 0 Å². The molecule has 1 fully saturated rings. The second kappa shape index (κ2) is 2.83. The first kappa shape index (κ1) is 8.49. The first-order valence-electron chi connectivity index (χ1n) is 5.20. The van der Waals surface area contributed by atoms with Gasteiger partial charge in [-0.05, 0) is 37.0 Å². The van der Waals surface area contributed by atoms with Gasteiger partial charge in [-0.2, -0.15) is 5.26 Å². The van der Waals surface area contributed by atoms with Crippen LogP contribution in [0.2, 0.25) is 0 Å². The Kier molecular flexibility index (Phi) is 1.60. The first-order chi connectivity index (χ1) is 7.36. The molecule has 3 heteroatoms. The zero-order valence-electron chi connectivity index (χ0n) is 8.33. The second-order valence-electron chi connectivity index (χ2n) is 4.15. The smallest absolute Gasteiger partial charge is 0.137 e. The summed E-state index contributed by atoms with van der Waals surface area (Å²) < 4.78 is 0. The molecule has 1 saturated carbocycles. The summed E-state index contributed by atoms with van der Waals surface area (Å²) in [5.41, 5.74) is 1.76. The Balaban J connectivity index is 2.24. The van der Waals surface area contributed by atoms with Crippen molar-refractivity contribution in [3.63, 3.8) is 0 Å². The van der Waals surface area contributed by atoms with E-state index in [0.29, 0.717) is 0 Å². The van der Waals surface area contributed by atoms with Crippen molar-refractivity contribution < 1.29 is 0 Å². The molecule has 0 aliphatic heterocycles. The highest BCUT2D eigenvalue weighted by Crippen LogP contribution is 2.45. The van der Waals surface area contributed by atoms with Crippen LogP contribution < -0.4 is 0 Å². The largest absolute Gasteiger partial charge is 0.346 e. The molecule has 0 saturated heterocycles. The number of aromatic amines is 1. The van der Waals surface area contributed by atoms with Crippen molar-refractivity contribution in [2.45, 2.75) is 24.7 Å². The number of aromatic nitrogens is 2. The van der Waals surface area contributed by atoms with Gasteiger partial charge >= 0.3 is 0 Å². The maximum absolute atomic E-state index is 9.28. The van der Waals surface area contributed by atoms with Crippen molar-refractivity contribution in [1.29, 1.82) is 5.26 Å². The summed E-state index contributed by atoms with van der Waals surface area (Å²) in [5, 5.41) is 10.4.